The van der Waals surface area contributed by atoms with E-state index in [0.717, 1.165) is 25.7 Å². The molecule has 0 radical (unpaired) electrons. The quantitative estimate of drug-likeness (QED) is 0.365. The molecule has 3 rings (SSSR count). The minimum atomic E-state index is -0.586. The van der Waals surface area contributed by atoms with Crippen LogP contribution in [0.25, 0.3) is 0 Å². The molecule has 2 aliphatic heterocycles. The highest BCUT2D eigenvalue weighted by Crippen LogP contribution is 2.34. The van der Waals surface area contributed by atoms with E-state index in [1.54, 1.807) is 6.92 Å². The van der Waals surface area contributed by atoms with Crippen molar-refractivity contribution in [3.05, 3.63) is 12.2 Å². The topological polar surface area (TPSA) is 97.4 Å². The third kappa shape index (κ3) is 6.54. The van der Waals surface area contributed by atoms with Gasteiger partial charge >= 0.3 is 17.9 Å². The fourth-order valence-corrected chi connectivity index (χ4v) is 4.06. The van der Waals surface area contributed by atoms with Gasteiger partial charge in [0.2, 0.25) is 12.6 Å². The van der Waals surface area contributed by atoms with E-state index in [-0.39, 0.29) is 12.0 Å². The maximum atomic E-state index is 12.8. The molecule has 0 bridgehead atoms. The molecule has 0 aromatic carbocycles. The van der Waals surface area contributed by atoms with E-state index in [0.29, 0.717) is 38.9 Å². The van der Waals surface area contributed by atoms with Crippen LogP contribution in [-0.4, -0.2) is 49.8 Å². The summed E-state index contributed by atoms with van der Waals surface area (Å²) in [6, 6.07) is 0. The van der Waals surface area contributed by atoms with Crippen molar-refractivity contribution in [1.82, 2.24) is 0 Å². The van der Waals surface area contributed by atoms with Gasteiger partial charge in [-0.15, -0.1) is 0 Å². The van der Waals surface area contributed by atoms with Crippen LogP contribution in [-0.2, 0) is 38.1 Å². The SMILES string of the molecule is C=C(C)C(=O)OC1CC(C(=O)OC2CCCCO2)CC(C(=O)OC2CCCCO2)C1. The van der Waals surface area contributed by atoms with Gasteiger partial charge in [-0.25, -0.2) is 4.79 Å². The summed E-state index contributed by atoms with van der Waals surface area (Å²) in [7, 11) is 0. The van der Waals surface area contributed by atoms with Crippen molar-refractivity contribution in [2.24, 2.45) is 11.8 Å². The van der Waals surface area contributed by atoms with Crippen LogP contribution in [0.4, 0.5) is 0 Å². The summed E-state index contributed by atoms with van der Waals surface area (Å²) >= 11 is 0. The first-order valence-corrected chi connectivity index (χ1v) is 10.9. The van der Waals surface area contributed by atoms with Crippen LogP contribution in [0, 0.1) is 11.8 Å². The van der Waals surface area contributed by atoms with Gasteiger partial charge in [-0.2, -0.15) is 0 Å². The van der Waals surface area contributed by atoms with Crippen molar-refractivity contribution in [3.63, 3.8) is 0 Å². The minimum absolute atomic E-state index is 0.269. The summed E-state index contributed by atoms with van der Waals surface area (Å²) in [6.45, 7) is 6.29. The van der Waals surface area contributed by atoms with Crippen molar-refractivity contribution in [3.8, 4) is 0 Å². The van der Waals surface area contributed by atoms with E-state index in [2.05, 4.69) is 6.58 Å². The summed E-state index contributed by atoms with van der Waals surface area (Å²) < 4.78 is 27.5. The molecule has 0 aromatic rings. The lowest BCUT2D eigenvalue weighted by Crippen LogP contribution is -2.40. The van der Waals surface area contributed by atoms with Crippen LogP contribution >= 0.6 is 0 Å². The number of ether oxygens (including phenoxy) is 5. The predicted octanol–water partition coefficient (Wildman–Crippen LogP) is 3.03. The second-order valence-corrected chi connectivity index (χ2v) is 8.37. The molecule has 4 atom stereocenters. The minimum Gasteiger partial charge on any atom is -0.459 e. The molecule has 1 saturated carbocycles. The number of carbonyl (C=O) groups is 3. The zero-order valence-electron chi connectivity index (χ0n) is 17.6. The fourth-order valence-electron chi connectivity index (χ4n) is 4.06. The first-order chi connectivity index (χ1) is 14.4. The molecule has 168 valence electrons. The Balaban J connectivity index is 1.63. The van der Waals surface area contributed by atoms with Crippen LogP contribution in [0.15, 0.2) is 12.2 Å². The largest absolute Gasteiger partial charge is 0.459 e. The van der Waals surface area contributed by atoms with Gasteiger partial charge < -0.3 is 23.7 Å². The third-order valence-electron chi connectivity index (χ3n) is 5.72. The Labute approximate surface area is 177 Å². The van der Waals surface area contributed by atoms with E-state index in [4.69, 9.17) is 23.7 Å². The smallest absolute Gasteiger partial charge is 0.333 e. The molecule has 0 spiro atoms. The van der Waals surface area contributed by atoms with Crippen molar-refractivity contribution < 1.29 is 38.1 Å². The lowest BCUT2D eigenvalue weighted by molar-refractivity contribution is -0.199. The van der Waals surface area contributed by atoms with Gasteiger partial charge in [0.1, 0.15) is 6.10 Å². The molecule has 2 heterocycles. The van der Waals surface area contributed by atoms with Crippen molar-refractivity contribution in [1.29, 1.82) is 0 Å². The van der Waals surface area contributed by atoms with Crippen molar-refractivity contribution in [2.75, 3.05) is 13.2 Å². The molecule has 0 N–H and O–H groups in total. The molecule has 3 fully saturated rings. The van der Waals surface area contributed by atoms with Gasteiger partial charge in [0.05, 0.1) is 25.0 Å². The Hall–Kier alpha value is -1.93. The van der Waals surface area contributed by atoms with Crippen molar-refractivity contribution >= 4 is 17.9 Å². The Kier molecular flexibility index (Phi) is 8.27. The van der Waals surface area contributed by atoms with E-state index in [9.17, 15) is 14.4 Å². The first-order valence-electron chi connectivity index (χ1n) is 10.9. The van der Waals surface area contributed by atoms with E-state index in [1.165, 1.54) is 0 Å². The summed E-state index contributed by atoms with van der Waals surface area (Å²) in [5.74, 6) is -2.53. The van der Waals surface area contributed by atoms with E-state index < -0.39 is 48.4 Å². The fraction of sp³-hybridized carbons (Fsp3) is 0.773. The van der Waals surface area contributed by atoms with Crippen LogP contribution in [0.1, 0.15) is 64.7 Å². The molecule has 2 saturated heterocycles. The molecule has 8 nitrogen and oxygen atoms in total. The third-order valence-corrected chi connectivity index (χ3v) is 5.72. The number of rotatable bonds is 6. The van der Waals surface area contributed by atoms with Crippen LogP contribution in [0.5, 0.6) is 0 Å². The first kappa shape index (κ1) is 22.7. The van der Waals surface area contributed by atoms with Gasteiger partial charge in [-0.05, 0) is 51.9 Å². The normalized spacial score (nSPS) is 32.0. The standard InChI is InChI=1S/C22H32O8/c1-14(2)20(23)28-17-12-15(21(24)29-18-7-3-5-9-26-18)11-16(13-17)22(25)30-19-8-4-6-10-27-19/h15-19H,1,3-13H2,2H3. The maximum Gasteiger partial charge on any atom is 0.333 e. The number of esters is 3. The lowest BCUT2D eigenvalue weighted by Gasteiger charge is -2.34. The highest BCUT2D eigenvalue weighted by atomic mass is 16.7. The lowest BCUT2D eigenvalue weighted by atomic mass is 9.79. The van der Waals surface area contributed by atoms with Crippen LogP contribution < -0.4 is 0 Å². The molecule has 0 amide bonds. The van der Waals surface area contributed by atoms with E-state index in [1.807, 2.05) is 0 Å². The average molecular weight is 424 g/mol. The number of hydrogen-bond donors (Lipinski definition) is 0. The van der Waals surface area contributed by atoms with Gasteiger partial charge in [-0.3, -0.25) is 9.59 Å². The second kappa shape index (κ2) is 10.9. The zero-order chi connectivity index (χ0) is 21.5. The predicted molar refractivity (Wildman–Crippen MR) is 105 cm³/mol. The average Bonchev–Trinajstić information content (AvgIpc) is 2.74. The Morgan fingerprint density at radius 1 is 0.767 bits per heavy atom. The summed E-state index contributed by atoms with van der Waals surface area (Å²) in [5, 5.41) is 0. The number of hydrogen-bond acceptors (Lipinski definition) is 8. The van der Waals surface area contributed by atoms with Gasteiger partial charge in [0, 0.05) is 18.4 Å². The molecule has 1 aliphatic carbocycles. The molecule has 3 aliphatic rings. The molecule has 8 heteroatoms. The molecule has 0 aromatic heterocycles. The Morgan fingerprint density at radius 3 is 1.67 bits per heavy atom. The molecular formula is C22H32O8. The van der Waals surface area contributed by atoms with E-state index >= 15 is 0 Å². The highest BCUT2D eigenvalue weighted by Gasteiger charge is 2.41. The van der Waals surface area contributed by atoms with Gasteiger partial charge in [0.15, 0.2) is 0 Å². The van der Waals surface area contributed by atoms with Crippen molar-refractivity contribution in [2.45, 2.75) is 83.4 Å². The summed E-state index contributed by atoms with van der Waals surface area (Å²) in [4.78, 5) is 37.5. The second-order valence-electron chi connectivity index (χ2n) is 8.37. The maximum absolute atomic E-state index is 12.8. The summed E-state index contributed by atoms with van der Waals surface area (Å²) in [6.07, 6.45) is 4.32. The summed E-state index contributed by atoms with van der Waals surface area (Å²) in [5.41, 5.74) is 0.269. The molecule has 4 unspecified atom stereocenters. The van der Waals surface area contributed by atoms with Crippen LogP contribution in [0.3, 0.4) is 0 Å². The Morgan fingerprint density at radius 2 is 1.27 bits per heavy atom. The molecular weight excluding hydrogens is 392 g/mol. The van der Waals surface area contributed by atoms with Crippen LogP contribution in [0.2, 0.25) is 0 Å². The number of carbonyl (C=O) groups excluding carboxylic acids is 3. The van der Waals surface area contributed by atoms with Gasteiger partial charge in [-0.1, -0.05) is 6.58 Å². The zero-order valence-corrected chi connectivity index (χ0v) is 17.6. The van der Waals surface area contributed by atoms with Gasteiger partial charge in [0.25, 0.3) is 0 Å². The highest BCUT2D eigenvalue weighted by molar-refractivity contribution is 5.87. The Bertz CT molecular complexity index is 593. The molecule has 30 heavy (non-hydrogen) atoms. The monoisotopic (exact) mass is 424 g/mol.